The first kappa shape index (κ1) is 15.5. The molecule has 2 heteroatoms. The average molecular weight is 274 g/mol. The van der Waals surface area contributed by atoms with Gasteiger partial charge in [0.1, 0.15) is 0 Å². The van der Waals surface area contributed by atoms with Gasteiger partial charge in [-0.05, 0) is 31.4 Å². The van der Waals surface area contributed by atoms with Crippen LogP contribution in [0.5, 0.6) is 0 Å². The average Bonchev–Trinajstić information content (AvgIpc) is 2.50. The molecule has 0 amide bonds. The lowest BCUT2D eigenvalue weighted by molar-refractivity contribution is 0.0367. The molecule has 3 atom stereocenters. The molecule has 0 spiro atoms. The Morgan fingerprint density at radius 1 is 1.30 bits per heavy atom. The van der Waals surface area contributed by atoms with Crippen molar-refractivity contribution in [3.05, 3.63) is 35.9 Å². The number of nitrogens with one attached hydrogen (secondary N) is 1. The minimum Gasteiger partial charge on any atom is -0.310 e. The quantitative estimate of drug-likeness (QED) is 0.882. The molecule has 1 aliphatic rings. The van der Waals surface area contributed by atoms with E-state index < -0.39 is 0 Å². The van der Waals surface area contributed by atoms with Crippen LogP contribution in [0.4, 0.5) is 0 Å². The molecule has 0 saturated carbocycles. The molecule has 0 aliphatic carbocycles. The molecule has 1 heterocycles. The predicted octanol–water partition coefficient (Wildman–Crippen LogP) is 3.63. The highest BCUT2D eigenvalue weighted by molar-refractivity contribution is 5.25. The largest absolute Gasteiger partial charge is 0.310 e. The predicted molar refractivity (Wildman–Crippen MR) is 86.9 cm³/mol. The number of hydrogen-bond donors (Lipinski definition) is 1. The fourth-order valence-corrected chi connectivity index (χ4v) is 3.30. The van der Waals surface area contributed by atoms with Gasteiger partial charge < -0.3 is 5.32 Å². The number of hydrogen-bond acceptors (Lipinski definition) is 2. The van der Waals surface area contributed by atoms with Gasteiger partial charge in [0.25, 0.3) is 0 Å². The van der Waals surface area contributed by atoms with E-state index in [1.807, 2.05) is 0 Å². The molecular formula is C18H30N2. The van der Waals surface area contributed by atoms with Gasteiger partial charge in [0.05, 0.1) is 5.54 Å². The molecule has 0 radical (unpaired) electrons. The first-order valence-electron chi connectivity index (χ1n) is 8.15. The minimum absolute atomic E-state index is 0.126. The molecule has 1 saturated heterocycles. The summed E-state index contributed by atoms with van der Waals surface area (Å²) in [6.45, 7) is 12.7. The summed E-state index contributed by atoms with van der Waals surface area (Å²) in [7, 11) is 0. The third kappa shape index (κ3) is 3.07. The van der Waals surface area contributed by atoms with Crippen LogP contribution in [0, 0.1) is 5.92 Å². The lowest BCUT2D eigenvalue weighted by Gasteiger charge is -2.49. The van der Waals surface area contributed by atoms with E-state index in [9.17, 15) is 0 Å². The Bertz CT molecular complexity index is 403. The molecule has 1 N–H and O–H groups in total. The van der Waals surface area contributed by atoms with Gasteiger partial charge in [-0.2, -0.15) is 0 Å². The van der Waals surface area contributed by atoms with Crippen molar-refractivity contribution in [2.45, 2.75) is 52.1 Å². The molecule has 0 bridgehead atoms. The highest BCUT2D eigenvalue weighted by Gasteiger charge is 2.39. The van der Waals surface area contributed by atoms with E-state index in [4.69, 9.17) is 0 Å². The number of piperazine rings is 1. The highest BCUT2D eigenvalue weighted by Crippen LogP contribution is 2.32. The Kier molecular flexibility index (Phi) is 5.22. The van der Waals surface area contributed by atoms with E-state index >= 15 is 0 Å². The van der Waals surface area contributed by atoms with Crippen LogP contribution in [0.1, 0.15) is 46.1 Å². The first-order valence-corrected chi connectivity index (χ1v) is 8.15. The van der Waals surface area contributed by atoms with Crippen molar-refractivity contribution in [3.63, 3.8) is 0 Å². The van der Waals surface area contributed by atoms with Crippen molar-refractivity contribution in [1.29, 1.82) is 0 Å². The summed E-state index contributed by atoms with van der Waals surface area (Å²) in [6, 6.07) is 11.6. The van der Waals surface area contributed by atoms with Crippen molar-refractivity contribution in [1.82, 2.24) is 10.2 Å². The van der Waals surface area contributed by atoms with Crippen molar-refractivity contribution in [3.8, 4) is 0 Å². The van der Waals surface area contributed by atoms with Gasteiger partial charge in [-0.1, -0.05) is 57.5 Å². The first-order chi connectivity index (χ1) is 9.61. The molecule has 1 aromatic carbocycles. The lowest BCUT2D eigenvalue weighted by atomic mass is 9.84. The lowest BCUT2D eigenvalue weighted by Crippen LogP contribution is -2.62. The molecule has 0 aromatic heterocycles. The van der Waals surface area contributed by atoms with Crippen LogP contribution < -0.4 is 5.32 Å². The number of rotatable bonds is 5. The minimum atomic E-state index is 0.126. The van der Waals surface area contributed by atoms with Gasteiger partial charge in [0, 0.05) is 19.1 Å². The van der Waals surface area contributed by atoms with E-state index in [0.717, 1.165) is 19.0 Å². The van der Waals surface area contributed by atoms with Crippen LogP contribution in [-0.2, 0) is 5.54 Å². The molecule has 1 fully saturated rings. The topological polar surface area (TPSA) is 15.3 Å². The Hall–Kier alpha value is -0.860. The number of benzene rings is 1. The number of nitrogens with zero attached hydrogens (tertiary/aromatic N) is 1. The second-order valence-corrected chi connectivity index (χ2v) is 6.46. The Morgan fingerprint density at radius 3 is 2.60 bits per heavy atom. The summed E-state index contributed by atoms with van der Waals surface area (Å²) in [5.41, 5.74) is 1.56. The summed E-state index contributed by atoms with van der Waals surface area (Å²) in [5, 5.41) is 3.81. The van der Waals surface area contributed by atoms with Crippen molar-refractivity contribution in [2.75, 3.05) is 19.6 Å². The van der Waals surface area contributed by atoms with Gasteiger partial charge in [-0.25, -0.2) is 0 Å². The fourth-order valence-electron chi connectivity index (χ4n) is 3.30. The van der Waals surface area contributed by atoms with Crippen LogP contribution in [-0.4, -0.2) is 30.6 Å². The highest BCUT2D eigenvalue weighted by atomic mass is 15.3. The normalized spacial score (nSPS) is 29.3. The molecular weight excluding hydrogens is 244 g/mol. The van der Waals surface area contributed by atoms with E-state index in [2.05, 4.69) is 68.2 Å². The zero-order valence-corrected chi connectivity index (χ0v) is 13.5. The molecule has 1 aliphatic heterocycles. The zero-order chi connectivity index (χ0) is 14.6. The fraction of sp³-hybridized carbons (Fsp3) is 0.667. The van der Waals surface area contributed by atoms with Crippen LogP contribution in [0.3, 0.4) is 0 Å². The van der Waals surface area contributed by atoms with Gasteiger partial charge >= 0.3 is 0 Å². The van der Waals surface area contributed by atoms with E-state index in [1.165, 1.54) is 24.9 Å². The van der Waals surface area contributed by atoms with Gasteiger partial charge in [0.15, 0.2) is 0 Å². The van der Waals surface area contributed by atoms with Crippen molar-refractivity contribution < 1.29 is 0 Å². The van der Waals surface area contributed by atoms with Gasteiger partial charge in [-0.15, -0.1) is 0 Å². The summed E-state index contributed by atoms with van der Waals surface area (Å²) < 4.78 is 0. The van der Waals surface area contributed by atoms with Crippen molar-refractivity contribution >= 4 is 0 Å². The smallest absolute Gasteiger partial charge is 0.0558 e. The summed E-state index contributed by atoms with van der Waals surface area (Å²) in [4.78, 5) is 2.69. The van der Waals surface area contributed by atoms with Crippen LogP contribution >= 0.6 is 0 Å². The van der Waals surface area contributed by atoms with Crippen LogP contribution in [0.2, 0.25) is 0 Å². The zero-order valence-electron chi connectivity index (χ0n) is 13.5. The second kappa shape index (κ2) is 6.73. The summed E-state index contributed by atoms with van der Waals surface area (Å²) >= 11 is 0. The molecule has 2 rings (SSSR count). The molecule has 2 nitrogen and oxygen atoms in total. The maximum atomic E-state index is 3.81. The standard InChI is InChI=1S/C18H30N2/c1-5-12-20-13-17(15(3)6-2)19-14-18(20,4)16-10-8-7-9-11-16/h7-11,15,17,19H,5-6,12-14H2,1-4H3. The Morgan fingerprint density at radius 2 is 2.00 bits per heavy atom. The monoisotopic (exact) mass is 274 g/mol. The van der Waals surface area contributed by atoms with E-state index in [0.29, 0.717) is 6.04 Å². The Labute approximate surface area is 124 Å². The van der Waals surface area contributed by atoms with Gasteiger partial charge in [-0.3, -0.25) is 4.90 Å². The van der Waals surface area contributed by atoms with Gasteiger partial charge in [0.2, 0.25) is 0 Å². The third-order valence-electron chi connectivity index (χ3n) is 5.04. The van der Waals surface area contributed by atoms with Crippen molar-refractivity contribution in [2.24, 2.45) is 5.92 Å². The molecule has 20 heavy (non-hydrogen) atoms. The molecule has 112 valence electrons. The van der Waals surface area contributed by atoms with E-state index in [1.54, 1.807) is 0 Å². The van der Waals surface area contributed by atoms with Crippen LogP contribution in [0.25, 0.3) is 0 Å². The Balaban J connectivity index is 2.21. The molecule has 1 aromatic rings. The summed E-state index contributed by atoms with van der Waals surface area (Å²) in [5.74, 6) is 0.745. The third-order valence-corrected chi connectivity index (χ3v) is 5.04. The maximum Gasteiger partial charge on any atom is 0.0558 e. The maximum absolute atomic E-state index is 3.81. The SMILES string of the molecule is CCCN1CC(C(C)CC)NCC1(C)c1ccccc1. The summed E-state index contributed by atoms with van der Waals surface area (Å²) in [6.07, 6.45) is 2.47. The molecule has 3 unspecified atom stereocenters. The van der Waals surface area contributed by atoms with Crippen LogP contribution in [0.15, 0.2) is 30.3 Å². The van der Waals surface area contributed by atoms with E-state index in [-0.39, 0.29) is 5.54 Å². The second-order valence-electron chi connectivity index (χ2n) is 6.46.